The van der Waals surface area contributed by atoms with E-state index in [1.165, 1.54) is 51.5 Å². The largest absolute Gasteiger partial charge is 0.310 e. The van der Waals surface area contributed by atoms with Crippen LogP contribution < -0.4 is 10.6 Å². The summed E-state index contributed by atoms with van der Waals surface area (Å²) in [7, 11) is 0. The van der Waals surface area contributed by atoms with E-state index in [0.29, 0.717) is 11.1 Å². The zero-order valence-corrected chi connectivity index (χ0v) is 10.4. The highest BCUT2D eigenvalue weighted by Gasteiger charge is 2.32. The minimum Gasteiger partial charge on any atom is -0.310 e. The predicted octanol–water partition coefficient (Wildman–Crippen LogP) is 2.44. The molecule has 1 saturated carbocycles. The van der Waals surface area contributed by atoms with Gasteiger partial charge in [-0.3, -0.25) is 0 Å². The van der Waals surface area contributed by atoms with Crippen LogP contribution in [0.1, 0.15) is 58.8 Å². The molecule has 0 amide bonds. The lowest BCUT2D eigenvalue weighted by Crippen LogP contribution is -2.53. The Balaban J connectivity index is 1.80. The monoisotopic (exact) mass is 210 g/mol. The molecule has 1 atom stereocenters. The number of hydrogen-bond donors (Lipinski definition) is 2. The lowest BCUT2D eigenvalue weighted by molar-refractivity contribution is 0.227. The Hall–Kier alpha value is -0.0800. The van der Waals surface area contributed by atoms with Gasteiger partial charge in [-0.15, -0.1) is 0 Å². The average Bonchev–Trinajstić information content (AvgIpc) is 2.65. The normalized spacial score (nSPS) is 35.6. The van der Waals surface area contributed by atoms with E-state index in [9.17, 15) is 0 Å². The van der Waals surface area contributed by atoms with Gasteiger partial charge in [0.2, 0.25) is 0 Å². The van der Waals surface area contributed by atoms with E-state index in [1.807, 2.05) is 0 Å². The molecule has 1 aliphatic carbocycles. The zero-order valence-electron chi connectivity index (χ0n) is 10.4. The van der Waals surface area contributed by atoms with Gasteiger partial charge in [0.25, 0.3) is 0 Å². The number of nitrogens with one attached hydrogen (secondary N) is 2. The molecule has 0 aromatic rings. The Bertz CT molecular complexity index is 201. The third-order valence-electron chi connectivity index (χ3n) is 4.32. The van der Waals surface area contributed by atoms with Crippen molar-refractivity contribution in [3.05, 3.63) is 0 Å². The van der Waals surface area contributed by atoms with Crippen LogP contribution in [0.5, 0.6) is 0 Å². The van der Waals surface area contributed by atoms with Crippen LogP contribution in [0.2, 0.25) is 0 Å². The SMILES string of the molecule is CC1(NCC2(C)CCCN2)CCCCC1. The molecule has 2 N–H and O–H groups in total. The molecule has 2 nitrogen and oxygen atoms in total. The Morgan fingerprint density at radius 1 is 1.00 bits per heavy atom. The Morgan fingerprint density at radius 3 is 2.33 bits per heavy atom. The van der Waals surface area contributed by atoms with Crippen molar-refractivity contribution < 1.29 is 0 Å². The second-order valence-electron chi connectivity index (χ2n) is 6.07. The standard InChI is InChI=1S/C13H26N2/c1-12(7-4-3-5-8-12)15-11-13(2)9-6-10-14-13/h14-15H,3-11H2,1-2H3. The van der Waals surface area contributed by atoms with Crippen molar-refractivity contribution in [3.63, 3.8) is 0 Å². The van der Waals surface area contributed by atoms with E-state index in [4.69, 9.17) is 0 Å². The molecule has 0 radical (unpaired) electrons. The van der Waals surface area contributed by atoms with Crippen molar-refractivity contribution in [1.82, 2.24) is 10.6 Å². The highest BCUT2D eigenvalue weighted by Crippen LogP contribution is 2.28. The number of rotatable bonds is 3. The van der Waals surface area contributed by atoms with Gasteiger partial charge in [0, 0.05) is 17.6 Å². The van der Waals surface area contributed by atoms with E-state index in [1.54, 1.807) is 0 Å². The quantitative estimate of drug-likeness (QED) is 0.747. The summed E-state index contributed by atoms with van der Waals surface area (Å²) in [5.41, 5.74) is 0.784. The van der Waals surface area contributed by atoms with Gasteiger partial charge in [0.15, 0.2) is 0 Å². The van der Waals surface area contributed by atoms with Crippen molar-refractivity contribution in [3.8, 4) is 0 Å². The van der Waals surface area contributed by atoms with Crippen LogP contribution in [0.4, 0.5) is 0 Å². The maximum atomic E-state index is 3.82. The molecule has 1 saturated heterocycles. The highest BCUT2D eigenvalue weighted by atomic mass is 15.1. The van der Waals surface area contributed by atoms with Crippen LogP contribution in [0.3, 0.4) is 0 Å². The van der Waals surface area contributed by atoms with Gasteiger partial charge < -0.3 is 10.6 Å². The first kappa shape index (κ1) is 11.4. The molecule has 1 heterocycles. The van der Waals surface area contributed by atoms with Crippen LogP contribution >= 0.6 is 0 Å². The molecule has 0 aromatic carbocycles. The van der Waals surface area contributed by atoms with Crippen LogP contribution in [0, 0.1) is 0 Å². The van der Waals surface area contributed by atoms with Crippen LogP contribution in [0.25, 0.3) is 0 Å². The van der Waals surface area contributed by atoms with Gasteiger partial charge in [0.05, 0.1) is 0 Å². The van der Waals surface area contributed by atoms with Crippen molar-refractivity contribution in [1.29, 1.82) is 0 Å². The molecule has 2 heteroatoms. The Morgan fingerprint density at radius 2 is 1.73 bits per heavy atom. The van der Waals surface area contributed by atoms with Crippen LogP contribution in [-0.4, -0.2) is 24.2 Å². The van der Waals surface area contributed by atoms with Gasteiger partial charge >= 0.3 is 0 Å². The van der Waals surface area contributed by atoms with Gasteiger partial charge in [-0.25, -0.2) is 0 Å². The number of hydrogen-bond acceptors (Lipinski definition) is 2. The topological polar surface area (TPSA) is 24.1 Å². The van der Waals surface area contributed by atoms with Crippen LogP contribution in [0.15, 0.2) is 0 Å². The van der Waals surface area contributed by atoms with E-state index in [0.717, 1.165) is 6.54 Å². The summed E-state index contributed by atoms with van der Waals surface area (Å²) in [5.74, 6) is 0. The fourth-order valence-corrected chi connectivity index (χ4v) is 3.03. The summed E-state index contributed by atoms with van der Waals surface area (Å²) < 4.78 is 0. The molecule has 1 aliphatic heterocycles. The highest BCUT2D eigenvalue weighted by molar-refractivity contribution is 4.95. The summed E-state index contributed by atoms with van der Waals surface area (Å²) in [6, 6.07) is 0. The third-order valence-corrected chi connectivity index (χ3v) is 4.32. The molecule has 0 spiro atoms. The fourth-order valence-electron chi connectivity index (χ4n) is 3.03. The fraction of sp³-hybridized carbons (Fsp3) is 1.00. The summed E-state index contributed by atoms with van der Waals surface area (Å²) in [6.45, 7) is 7.11. The van der Waals surface area contributed by atoms with Crippen LogP contribution in [-0.2, 0) is 0 Å². The molecular weight excluding hydrogens is 184 g/mol. The molecular formula is C13H26N2. The molecule has 15 heavy (non-hydrogen) atoms. The summed E-state index contributed by atoms with van der Waals surface area (Å²) in [4.78, 5) is 0. The molecule has 0 aromatic heterocycles. The molecule has 2 rings (SSSR count). The Kier molecular flexibility index (Phi) is 3.36. The minimum atomic E-state index is 0.362. The Labute approximate surface area is 94.2 Å². The van der Waals surface area contributed by atoms with E-state index >= 15 is 0 Å². The second-order valence-corrected chi connectivity index (χ2v) is 6.07. The van der Waals surface area contributed by atoms with Crippen molar-refractivity contribution in [2.45, 2.75) is 69.9 Å². The second kappa shape index (κ2) is 4.42. The third kappa shape index (κ3) is 2.94. The summed E-state index contributed by atoms with van der Waals surface area (Å²) in [6.07, 6.45) is 9.66. The van der Waals surface area contributed by atoms with Gasteiger partial charge in [-0.2, -0.15) is 0 Å². The zero-order chi connectivity index (χ0) is 10.8. The van der Waals surface area contributed by atoms with E-state index in [-0.39, 0.29) is 0 Å². The first-order valence-electron chi connectivity index (χ1n) is 6.62. The average molecular weight is 210 g/mol. The first-order chi connectivity index (χ1) is 7.12. The van der Waals surface area contributed by atoms with Crippen molar-refractivity contribution in [2.75, 3.05) is 13.1 Å². The lowest BCUT2D eigenvalue weighted by Gasteiger charge is -2.38. The van der Waals surface area contributed by atoms with E-state index < -0.39 is 0 Å². The maximum absolute atomic E-state index is 3.82. The molecule has 88 valence electrons. The molecule has 1 unspecified atom stereocenters. The predicted molar refractivity (Wildman–Crippen MR) is 65.1 cm³/mol. The smallest absolute Gasteiger partial charge is 0.0278 e. The maximum Gasteiger partial charge on any atom is 0.0278 e. The summed E-state index contributed by atoms with van der Waals surface area (Å²) >= 11 is 0. The molecule has 2 fully saturated rings. The lowest BCUT2D eigenvalue weighted by atomic mass is 9.82. The minimum absolute atomic E-state index is 0.362. The molecule has 0 bridgehead atoms. The molecule has 2 aliphatic rings. The first-order valence-corrected chi connectivity index (χ1v) is 6.62. The van der Waals surface area contributed by atoms with Gasteiger partial charge in [-0.1, -0.05) is 19.3 Å². The van der Waals surface area contributed by atoms with Gasteiger partial charge in [-0.05, 0) is 46.1 Å². The van der Waals surface area contributed by atoms with Gasteiger partial charge in [0.1, 0.15) is 0 Å². The summed E-state index contributed by atoms with van der Waals surface area (Å²) in [5, 5.41) is 7.45. The van der Waals surface area contributed by atoms with E-state index in [2.05, 4.69) is 24.5 Å². The van der Waals surface area contributed by atoms with Crippen molar-refractivity contribution >= 4 is 0 Å². The van der Waals surface area contributed by atoms with Crippen molar-refractivity contribution in [2.24, 2.45) is 0 Å².